The van der Waals surface area contributed by atoms with Crippen LogP contribution in [0.25, 0.3) is 0 Å². The Bertz CT molecular complexity index is 289. The van der Waals surface area contributed by atoms with Crippen LogP contribution >= 0.6 is 15.9 Å². The number of hydrogen-bond donors (Lipinski definition) is 1. The predicted octanol–water partition coefficient (Wildman–Crippen LogP) is 1.65. The van der Waals surface area contributed by atoms with Crippen LogP contribution in [0.2, 0.25) is 0 Å². The fraction of sp³-hybridized carbons (Fsp3) is 0.375. The highest BCUT2D eigenvalue weighted by Crippen LogP contribution is 2.25. The molecule has 12 heavy (non-hydrogen) atoms. The molecule has 0 aliphatic rings. The summed E-state index contributed by atoms with van der Waals surface area (Å²) in [4.78, 5) is 4.02. The van der Waals surface area contributed by atoms with E-state index in [2.05, 4.69) is 20.9 Å². The van der Waals surface area contributed by atoms with Crippen molar-refractivity contribution in [3.63, 3.8) is 0 Å². The van der Waals surface area contributed by atoms with Gasteiger partial charge in [-0.05, 0) is 22.9 Å². The third-order valence-corrected chi connectivity index (χ3v) is 2.39. The molecule has 0 aliphatic carbocycles. The number of aliphatic hydroxyl groups is 1. The van der Waals surface area contributed by atoms with E-state index in [4.69, 9.17) is 9.84 Å². The molecule has 1 heterocycles. The lowest BCUT2D eigenvalue weighted by molar-refractivity contribution is 0.278. The van der Waals surface area contributed by atoms with Gasteiger partial charge in [-0.2, -0.15) is 0 Å². The summed E-state index contributed by atoms with van der Waals surface area (Å²) in [7, 11) is 1.56. The first-order chi connectivity index (χ1) is 5.70. The number of halogens is 1. The minimum absolute atomic E-state index is 0.00863. The van der Waals surface area contributed by atoms with Gasteiger partial charge in [0.15, 0.2) is 0 Å². The Morgan fingerprint density at radius 1 is 1.67 bits per heavy atom. The van der Waals surface area contributed by atoms with Gasteiger partial charge in [-0.25, -0.2) is 4.98 Å². The summed E-state index contributed by atoms with van der Waals surface area (Å²) >= 11 is 3.29. The van der Waals surface area contributed by atoms with E-state index < -0.39 is 0 Å². The topological polar surface area (TPSA) is 42.4 Å². The van der Waals surface area contributed by atoms with Crippen LogP contribution in [0.15, 0.2) is 10.7 Å². The van der Waals surface area contributed by atoms with E-state index in [1.807, 2.05) is 6.92 Å². The first kappa shape index (κ1) is 9.48. The Labute approximate surface area is 79.5 Å². The Hall–Kier alpha value is -0.610. The number of pyridine rings is 1. The van der Waals surface area contributed by atoms with Crippen molar-refractivity contribution in [2.75, 3.05) is 7.11 Å². The molecular weight excluding hydrogens is 222 g/mol. The molecule has 0 spiro atoms. The van der Waals surface area contributed by atoms with Crippen LogP contribution in [-0.4, -0.2) is 17.2 Å². The second kappa shape index (κ2) is 3.87. The molecule has 0 atom stereocenters. The maximum atomic E-state index is 9.01. The predicted molar refractivity (Wildman–Crippen MR) is 49.1 cm³/mol. The summed E-state index contributed by atoms with van der Waals surface area (Å²) in [5.41, 5.74) is 1.69. The third kappa shape index (κ3) is 1.59. The molecule has 0 saturated carbocycles. The Morgan fingerprint density at radius 3 is 2.83 bits per heavy atom. The minimum Gasteiger partial charge on any atom is -0.481 e. The number of rotatable bonds is 2. The number of aromatic nitrogens is 1. The van der Waals surface area contributed by atoms with Crippen molar-refractivity contribution in [1.82, 2.24) is 4.98 Å². The van der Waals surface area contributed by atoms with Gasteiger partial charge < -0.3 is 9.84 Å². The summed E-state index contributed by atoms with van der Waals surface area (Å²) in [5, 5.41) is 9.01. The van der Waals surface area contributed by atoms with Crippen LogP contribution in [0.5, 0.6) is 5.88 Å². The van der Waals surface area contributed by atoms with Crippen molar-refractivity contribution < 1.29 is 9.84 Å². The molecule has 0 radical (unpaired) electrons. The van der Waals surface area contributed by atoms with E-state index >= 15 is 0 Å². The summed E-state index contributed by atoms with van der Waals surface area (Å²) in [5.74, 6) is 0.558. The molecule has 0 saturated heterocycles. The van der Waals surface area contributed by atoms with Crippen molar-refractivity contribution in [1.29, 1.82) is 0 Å². The Morgan fingerprint density at radius 2 is 2.33 bits per heavy atom. The van der Waals surface area contributed by atoms with E-state index in [1.165, 1.54) is 0 Å². The molecule has 0 fully saturated rings. The molecule has 66 valence electrons. The quantitative estimate of drug-likeness (QED) is 0.842. The van der Waals surface area contributed by atoms with Crippen LogP contribution < -0.4 is 4.74 Å². The largest absolute Gasteiger partial charge is 0.481 e. The fourth-order valence-corrected chi connectivity index (χ4v) is 1.52. The number of nitrogens with zero attached hydrogens (tertiary/aromatic N) is 1. The average molecular weight is 232 g/mol. The number of aliphatic hydroxyl groups excluding tert-OH is 1. The smallest absolute Gasteiger partial charge is 0.216 e. The maximum Gasteiger partial charge on any atom is 0.216 e. The van der Waals surface area contributed by atoms with E-state index in [9.17, 15) is 0 Å². The third-order valence-electron chi connectivity index (χ3n) is 1.71. The molecule has 3 nitrogen and oxygen atoms in total. The van der Waals surface area contributed by atoms with Crippen molar-refractivity contribution in [3.8, 4) is 5.88 Å². The molecule has 0 unspecified atom stereocenters. The second-order valence-electron chi connectivity index (χ2n) is 2.38. The lowest BCUT2D eigenvalue weighted by atomic mass is 10.1. The lowest BCUT2D eigenvalue weighted by Gasteiger charge is -2.08. The van der Waals surface area contributed by atoms with Crippen LogP contribution in [0.1, 0.15) is 11.1 Å². The highest BCUT2D eigenvalue weighted by molar-refractivity contribution is 9.10. The number of hydrogen-bond acceptors (Lipinski definition) is 3. The highest BCUT2D eigenvalue weighted by atomic mass is 79.9. The first-order valence-corrected chi connectivity index (χ1v) is 4.28. The van der Waals surface area contributed by atoms with Gasteiger partial charge >= 0.3 is 0 Å². The zero-order valence-corrected chi connectivity index (χ0v) is 8.55. The molecular formula is C8H10BrNO2. The van der Waals surface area contributed by atoms with Crippen molar-refractivity contribution in [2.45, 2.75) is 13.5 Å². The molecule has 1 aromatic rings. The van der Waals surface area contributed by atoms with Gasteiger partial charge in [0.1, 0.15) is 0 Å². The SMILES string of the molecule is COc1ncc(Br)c(CO)c1C. The standard InChI is InChI=1S/C8H10BrNO2/c1-5-6(4-11)7(9)3-10-8(5)12-2/h3,11H,4H2,1-2H3. The monoisotopic (exact) mass is 231 g/mol. The molecule has 0 bridgehead atoms. The minimum atomic E-state index is -0.00863. The average Bonchev–Trinajstić information content (AvgIpc) is 2.06. The molecule has 0 amide bonds. The molecule has 1 rings (SSSR count). The van der Waals surface area contributed by atoms with Gasteiger partial charge in [-0.3, -0.25) is 0 Å². The maximum absolute atomic E-state index is 9.01. The van der Waals surface area contributed by atoms with Crippen molar-refractivity contribution >= 4 is 15.9 Å². The number of methoxy groups -OCH3 is 1. The van der Waals surface area contributed by atoms with E-state index in [-0.39, 0.29) is 6.61 Å². The van der Waals surface area contributed by atoms with Crippen molar-refractivity contribution in [3.05, 3.63) is 21.8 Å². The zero-order valence-electron chi connectivity index (χ0n) is 6.97. The van der Waals surface area contributed by atoms with E-state index in [0.717, 1.165) is 15.6 Å². The highest BCUT2D eigenvalue weighted by Gasteiger charge is 2.08. The molecule has 0 aliphatic heterocycles. The molecule has 1 N–H and O–H groups in total. The van der Waals surface area contributed by atoms with Crippen LogP contribution in [0, 0.1) is 6.92 Å². The van der Waals surface area contributed by atoms with Gasteiger partial charge in [0.2, 0.25) is 5.88 Å². The fourth-order valence-electron chi connectivity index (χ4n) is 0.998. The summed E-state index contributed by atoms with van der Waals surface area (Å²) in [6.07, 6.45) is 1.62. The van der Waals surface area contributed by atoms with Gasteiger partial charge in [0.05, 0.1) is 13.7 Å². The second-order valence-corrected chi connectivity index (χ2v) is 3.23. The summed E-state index contributed by atoms with van der Waals surface area (Å²) < 4.78 is 5.81. The Balaban J connectivity index is 3.24. The first-order valence-electron chi connectivity index (χ1n) is 3.49. The number of ether oxygens (including phenoxy) is 1. The molecule has 1 aromatic heterocycles. The Kier molecular flexibility index (Phi) is 3.05. The van der Waals surface area contributed by atoms with Gasteiger partial charge in [-0.15, -0.1) is 0 Å². The summed E-state index contributed by atoms with van der Waals surface area (Å²) in [6.45, 7) is 1.85. The van der Waals surface area contributed by atoms with Crippen LogP contribution in [0.4, 0.5) is 0 Å². The van der Waals surface area contributed by atoms with Crippen LogP contribution in [0.3, 0.4) is 0 Å². The van der Waals surface area contributed by atoms with Gasteiger partial charge in [0, 0.05) is 21.8 Å². The van der Waals surface area contributed by atoms with Gasteiger partial charge in [0.25, 0.3) is 0 Å². The van der Waals surface area contributed by atoms with E-state index in [1.54, 1.807) is 13.3 Å². The van der Waals surface area contributed by atoms with Gasteiger partial charge in [-0.1, -0.05) is 0 Å². The van der Waals surface area contributed by atoms with Crippen molar-refractivity contribution in [2.24, 2.45) is 0 Å². The lowest BCUT2D eigenvalue weighted by Crippen LogP contribution is -1.97. The van der Waals surface area contributed by atoms with E-state index in [0.29, 0.717) is 5.88 Å². The zero-order chi connectivity index (χ0) is 9.14. The van der Waals surface area contributed by atoms with Crippen LogP contribution in [-0.2, 0) is 6.61 Å². The molecule has 4 heteroatoms. The summed E-state index contributed by atoms with van der Waals surface area (Å²) in [6, 6.07) is 0. The normalized spacial score (nSPS) is 10.0. The molecule has 0 aromatic carbocycles.